The van der Waals surface area contributed by atoms with Gasteiger partial charge in [0.2, 0.25) is 0 Å². The van der Waals surface area contributed by atoms with Crippen molar-refractivity contribution in [3.05, 3.63) is 51.5 Å². The van der Waals surface area contributed by atoms with Gasteiger partial charge in [-0.2, -0.15) is 0 Å². The minimum atomic E-state index is -0.0859. The van der Waals surface area contributed by atoms with Gasteiger partial charge in [-0.3, -0.25) is 9.69 Å². The zero-order valence-electron chi connectivity index (χ0n) is 16.4. The standard InChI is InChI=1S/C21H24Cl2N4O/c1-5-27(6-2)13(4)24-21(28)14-7-8-15(12(3)9-14)20-25-18-10-16(22)17(23)11-19(18)26-20/h7-11,13H,5-6H2,1-4H3,(H,24,28)(H,25,26). The Kier molecular flexibility index (Phi) is 6.28. The van der Waals surface area contributed by atoms with E-state index >= 15 is 0 Å². The topological polar surface area (TPSA) is 61.0 Å². The number of fused-ring (bicyclic) bond motifs is 1. The summed E-state index contributed by atoms with van der Waals surface area (Å²) in [6.07, 6.45) is -0.0210. The van der Waals surface area contributed by atoms with Crippen LogP contribution >= 0.6 is 23.2 Å². The van der Waals surface area contributed by atoms with Gasteiger partial charge < -0.3 is 10.3 Å². The summed E-state index contributed by atoms with van der Waals surface area (Å²) in [4.78, 5) is 22.7. The first-order valence-corrected chi connectivity index (χ1v) is 10.1. The molecule has 28 heavy (non-hydrogen) atoms. The van der Waals surface area contributed by atoms with Crippen molar-refractivity contribution >= 4 is 40.1 Å². The first-order valence-electron chi connectivity index (χ1n) is 9.34. The molecule has 5 nitrogen and oxygen atoms in total. The molecule has 1 aromatic heterocycles. The lowest BCUT2D eigenvalue weighted by Crippen LogP contribution is -2.46. The second-order valence-corrected chi connectivity index (χ2v) is 7.58. The lowest BCUT2D eigenvalue weighted by molar-refractivity contribution is 0.0875. The van der Waals surface area contributed by atoms with Gasteiger partial charge in [-0.25, -0.2) is 4.98 Å². The van der Waals surface area contributed by atoms with Crippen LogP contribution in [-0.2, 0) is 0 Å². The maximum Gasteiger partial charge on any atom is 0.252 e. The van der Waals surface area contributed by atoms with Crippen molar-refractivity contribution in [3.63, 3.8) is 0 Å². The summed E-state index contributed by atoms with van der Waals surface area (Å²) in [7, 11) is 0. The van der Waals surface area contributed by atoms with E-state index in [-0.39, 0.29) is 12.1 Å². The highest BCUT2D eigenvalue weighted by Gasteiger charge is 2.16. The van der Waals surface area contributed by atoms with Gasteiger partial charge in [0, 0.05) is 11.1 Å². The third-order valence-electron chi connectivity index (χ3n) is 4.97. The van der Waals surface area contributed by atoms with Crippen molar-refractivity contribution < 1.29 is 4.79 Å². The van der Waals surface area contributed by atoms with Crippen LogP contribution < -0.4 is 5.32 Å². The Bertz CT molecular complexity index is 972. The molecular weight excluding hydrogens is 395 g/mol. The van der Waals surface area contributed by atoms with Gasteiger partial charge in [-0.15, -0.1) is 0 Å². The first-order chi connectivity index (χ1) is 13.3. The van der Waals surface area contributed by atoms with E-state index in [1.54, 1.807) is 12.1 Å². The number of nitrogens with one attached hydrogen (secondary N) is 2. The quantitative estimate of drug-likeness (QED) is 0.536. The van der Waals surface area contributed by atoms with Crippen LogP contribution in [0.1, 0.15) is 36.7 Å². The molecule has 7 heteroatoms. The smallest absolute Gasteiger partial charge is 0.252 e. The number of hydrogen-bond acceptors (Lipinski definition) is 3. The molecule has 1 atom stereocenters. The SMILES string of the molecule is CCN(CC)C(C)NC(=O)c1ccc(-c2nc3cc(Cl)c(Cl)cc3[nH]2)c(C)c1. The highest BCUT2D eigenvalue weighted by molar-refractivity contribution is 6.42. The summed E-state index contributed by atoms with van der Waals surface area (Å²) >= 11 is 12.2. The van der Waals surface area contributed by atoms with Gasteiger partial charge in [-0.1, -0.05) is 43.1 Å². The number of carbonyl (C=O) groups is 1. The Morgan fingerprint density at radius 3 is 2.50 bits per heavy atom. The van der Waals surface area contributed by atoms with Gasteiger partial charge in [0.1, 0.15) is 5.82 Å². The number of halogens is 2. The Labute approximate surface area is 175 Å². The zero-order valence-corrected chi connectivity index (χ0v) is 17.9. The molecule has 2 aromatic carbocycles. The van der Waals surface area contributed by atoms with Crippen molar-refractivity contribution in [3.8, 4) is 11.4 Å². The van der Waals surface area contributed by atoms with Crippen molar-refractivity contribution in [2.45, 2.75) is 33.9 Å². The third-order valence-corrected chi connectivity index (χ3v) is 5.69. The number of H-pyrrole nitrogens is 1. The Morgan fingerprint density at radius 2 is 1.86 bits per heavy atom. The van der Waals surface area contributed by atoms with Crippen LogP contribution in [0.25, 0.3) is 22.4 Å². The minimum Gasteiger partial charge on any atom is -0.338 e. The predicted octanol–water partition coefficient (Wildman–Crippen LogP) is 5.26. The van der Waals surface area contributed by atoms with E-state index in [9.17, 15) is 4.79 Å². The average molecular weight is 419 g/mol. The number of benzene rings is 2. The molecule has 0 fully saturated rings. The van der Waals surface area contributed by atoms with Crippen LogP contribution in [0.4, 0.5) is 0 Å². The minimum absolute atomic E-state index is 0.0210. The molecule has 3 rings (SSSR count). The summed E-state index contributed by atoms with van der Waals surface area (Å²) < 4.78 is 0. The van der Waals surface area contributed by atoms with E-state index in [4.69, 9.17) is 23.2 Å². The van der Waals surface area contributed by atoms with Gasteiger partial charge in [0.15, 0.2) is 0 Å². The number of carbonyl (C=O) groups excluding carboxylic acids is 1. The van der Waals surface area contributed by atoms with Crippen LogP contribution in [0.15, 0.2) is 30.3 Å². The second-order valence-electron chi connectivity index (χ2n) is 6.77. The molecule has 0 spiro atoms. The molecule has 0 aliphatic rings. The van der Waals surface area contributed by atoms with Crippen molar-refractivity contribution in [1.29, 1.82) is 0 Å². The summed E-state index contributed by atoms with van der Waals surface area (Å²) in [6.45, 7) is 9.90. The molecule has 1 heterocycles. The normalized spacial score (nSPS) is 12.5. The van der Waals surface area contributed by atoms with Crippen LogP contribution in [0.2, 0.25) is 10.0 Å². The van der Waals surface area contributed by atoms with Gasteiger partial charge in [-0.05, 0) is 56.8 Å². The second kappa shape index (κ2) is 8.52. The van der Waals surface area contributed by atoms with Gasteiger partial charge in [0.25, 0.3) is 5.91 Å². The molecule has 1 unspecified atom stereocenters. The molecule has 0 radical (unpaired) electrons. The molecule has 1 amide bonds. The fourth-order valence-corrected chi connectivity index (χ4v) is 3.66. The Hall–Kier alpha value is -2.08. The number of hydrogen-bond donors (Lipinski definition) is 2. The molecule has 2 N–H and O–H groups in total. The van der Waals surface area contributed by atoms with E-state index < -0.39 is 0 Å². The average Bonchev–Trinajstić information content (AvgIpc) is 3.05. The summed E-state index contributed by atoms with van der Waals surface area (Å²) in [5.41, 5.74) is 4.08. The molecule has 3 aromatic rings. The summed E-state index contributed by atoms with van der Waals surface area (Å²) in [6, 6.07) is 9.12. The van der Waals surface area contributed by atoms with Gasteiger partial charge in [0.05, 0.1) is 27.2 Å². The number of nitrogens with zero attached hydrogens (tertiary/aromatic N) is 2. The van der Waals surface area contributed by atoms with Gasteiger partial charge >= 0.3 is 0 Å². The number of aryl methyl sites for hydroxylation is 1. The fraction of sp³-hybridized carbons (Fsp3) is 0.333. The van der Waals surface area contributed by atoms with E-state index in [2.05, 4.69) is 34.0 Å². The number of imidazole rings is 1. The van der Waals surface area contributed by atoms with E-state index in [1.165, 1.54) is 0 Å². The monoisotopic (exact) mass is 418 g/mol. The molecule has 0 aliphatic carbocycles. The molecule has 0 saturated heterocycles. The summed E-state index contributed by atoms with van der Waals surface area (Å²) in [5.74, 6) is 0.631. The largest absolute Gasteiger partial charge is 0.338 e. The third kappa shape index (κ3) is 4.17. The van der Waals surface area contributed by atoms with E-state index in [0.717, 1.165) is 35.2 Å². The lowest BCUT2D eigenvalue weighted by atomic mass is 10.0. The molecule has 148 valence electrons. The lowest BCUT2D eigenvalue weighted by Gasteiger charge is -2.27. The van der Waals surface area contributed by atoms with Crippen molar-refractivity contribution in [2.75, 3.05) is 13.1 Å². The maximum atomic E-state index is 12.6. The highest BCUT2D eigenvalue weighted by Crippen LogP contribution is 2.30. The molecule has 0 bridgehead atoms. The number of aromatic nitrogens is 2. The first kappa shape index (κ1) is 20.6. The Morgan fingerprint density at radius 1 is 1.18 bits per heavy atom. The maximum absolute atomic E-state index is 12.6. The Balaban J connectivity index is 1.85. The highest BCUT2D eigenvalue weighted by atomic mass is 35.5. The van der Waals surface area contributed by atoms with E-state index in [1.807, 2.05) is 32.0 Å². The fourth-order valence-electron chi connectivity index (χ4n) is 3.34. The van der Waals surface area contributed by atoms with E-state index in [0.29, 0.717) is 21.4 Å². The van der Waals surface area contributed by atoms with Crippen molar-refractivity contribution in [2.24, 2.45) is 0 Å². The van der Waals surface area contributed by atoms with Crippen LogP contribution in [0.3, 0.4) is 0 Å². The predicted molar refractivity (Wildman–Crippen MR) is 116 cm³/mol. The molecular formula is C21H24Cl2N4O. The number of rotatable bonds is 6. The number of amides is 1. The van der Waals surface area contributed by atoms with Crippen LogP contribution in [0, 0.1) is 6.92 Å². The molecule has 0 saturated carbocycles. The number of aromatic amines is 1. The van der Waals surface area contributed by atoms with Crippen LogP contribution in [-0.4, -0.2) is 40.0 Å². The van der Waals surface area contributed by atoms with Crippen molar-refractivity contribution in [1.82, 2.24) is 20.2 Å². The van der Waals surface area contributed by atoms with Crippen LogP contribution in [0.5, 0.6) is 0 Å². The molecule has 0 aliphatic heterocycles. The summed E-state index contributed by atoms with van der Waals surface area (Å²) in [5, 5.41) is 4.01. The zero-order chi connectivity index (χ0) is 20.4.